The predicted octanol–water partition coefficient (Wildman–Crippen LogP) is 10.3. The van der Waals surface area contributed by atoms with Gasteiger partial charge in [-0.1, -0.05) is 168 Å². The van der Waals surface area contributed by atoms with Crippen molar-refractivity contribution in [2.75, 3.05) is 47.4 Å². The number of likely N-dealkylation sites (N-methyl/N-ethyl adjacent to an activating group) is 1. The van der Waals surface area contributed by atoms with E-state index in [9.17, 15) is 14.6 Å². The molecule has 3 N–H and O–H groups in total. The third-order valence-corrected chi connectivity index (χ3v) is 9.92. The number of nitrogens with one attached hydrogen (secondary N) is 1. The molecule has 0 rings (SSSR count). The van der Waals surface area contributed by atoms with Gasteiger partial charge in [-0.15, -0.1) is 0 Å². The van der Waals surface area contributed by atoms with Crippen LogP contribution in [0.25, 0.3) is 0 Å². The maximum Gasteiger partial charge on any atom is 0.472 e. The first kappa shape index (κ1) is 45.0. The Kier molecular flexibility index (Phi) is 31.3. The highest BCUT2D eigenvalue weighted by atomic mass is 31.2. The van der Waals surface area contributed by atoms with Crippen molar-refractivity contribution in [1.82, 2.24) is 5.32 Å². The van der Waals surface area contributed by atoms with Crippen molar-refractivity contribution in [3.05, 3.63) is 0 Å². The highest BCUT2D eigenvalue weighted by molar-refractivity contribution is 7.47. The van der Waals surface area contributed by atoms with Gasteiger partial charge in [0, 0.05) is 0 Å². The zero-order valence-corrected chi connectivity index (χ0v) is 31.8. The predicted molar refractivity (Wildman–Crippen MR) is 194 cm³/mol. The van der Waals surface area contributed by atoms with E-state index >= 15 is 0 Å². The molecule has 272 valence electrons. The second-order valence-electron chi connectivity index (χ2n) is 14.7. The van der Waals surface area contributed by atoms with E-state index in [4.69, 9.17) is 9.05 Å². The minimum absolute atomic E-state index is 0.0317. The minimum Gasteiger partial charge on any atom is -0.391 e. The lowest BCUT2D eigenvalue weighted by atomic mass is 10.0. The van der Waals surface area contributed by atoms with Crippen LogP contribution in [0, 0.1) is 0 Å². The van der Waals surface area contributed by atoms with Crippen LogP contribution in [0.5, 0.6) is 0 Å². The highest BCUT2D eigenvalue weighted by Crippen LogP contribution is 2.43. The van der Waals surface area contributed by atoms with E-state index in [2.05, 4.69) is 19.2 Å². The van der Waals surface area contributed by atoms with Gasteiger partial charge in [0.25, 0.3) is 0 Å². The van der Waals surface area contributed by atoms with E-state index in [-0.39, 0.29) is 19.3 Å². The summed E-state index contributed by atoms with van der Waals surface area (Å²) in [6.07, 6.45) is 32.6. The van der Waals surface area contributed by atoms with Crippen molar-refractivity contribution in [2.24, 2.45) is 0 Å². The number of hydrogen-bond acceptors (Lipinski definition) is 5. The summed E-state index contributed by atoms with van der Waals surface area (Å²) in [5.74, 6) is 0. The van der Waals surface area contributed by atoms with Crippen LogP contribution in [0.1, 0.15) is 181 Å². The maximum atomic E-state index is 12.5. The standard InChI is InChI=1S/C37H79N2O5P/c1-6-8-10-12-14-16-18-20-21-23-25-27-29-31-37(40)36(35-44-45(41,42)43-34-33-39(3,4)5)38-32-30-28-26-24-22-19-17-15-13-11-9-7-2/h36-38,40H,6-35H2,1-5H3/p+1/t36-,37+/m1/s1. The van der Waals surface area contributed by atoms with Crippen LogP contribution in [0.15, 0.2) is 0 Å². The number of aliphatic hydroxyl groups is 1. The summed E-state index contributed by atoms with van der Waals surface area (Å²) in [7, 11) is 1.86. The average molecular weight is 664 g/mol. The summed E-state index contributed by atoms with van der Waals surface area (Å²) in [4.78, 5) is 10.2. The Morgan fingerprint density at radius 1 is 0.600 bits per heavy atom. The largest absolute Gasteiger partial charge is 0.472 e. The third kappa shape index (κ3) is 33.7. The number of hydrogen-bond donors (Lipinski definition) is 3. The first-order chi connectivity index (χ1) is 21.6. The highest BCUT2D eigenvalue weighted by Gasteiger charge is 2.27. The van der Waals surface area contributed by atoms with Gasteiger partial charge in [0.15, 0.2) is 0 Å². The number of phosphoric acid groups is 1. The molecule has 0 aliphatic carbocycles. The summed E-state index contributed by atoms with van der Waals surface area (Å²) in [5, 5.41) is 14.4. The molecule has 0 spiro atoms. The van der Waals surface area contributed by atoms with Crippen molar-refractivity contribution in [2.45, 2.75) is 193 Å². The van der Waals surface area contributed by atoms with E-state index in [0.29, 0.717) is 17.4 Å². The Bertz CT molecular complexity index is 661. The van der Waals surface area contributed by atoms with Crippen LogP contribution in [0.2, 0.25) is 0 Å². The summed E-state index contributed by atoms with van der Waals surface area (Å²) in [5.41, 5.74) is 0. The molecule has 0 fully saturated rings. The van der Waals surface area contributed by atoms with Crippen LogP contribution < -0.4 is 5.32 Å². The van der Waals surface area contributed by atoms with Gasteiger partial charge in [0.05, 0.1) is 39.9 Å². The van der Waals surface area contributed by atoms with Gasteiger partial charge >= 0.3 is 7.82 Å². The van der Waals surface area contributed by atoms with E-state index in [1.165, 1.54) is 141 Å². The lowest BCUT2D eigenvalue weighted by Gasteiger charge is -2.26. The number of quaternary nitrogens is 1. The van der Waals surface area contributed by atoms with Gasteiger partial charge < -0.3 is 19.8 Å². The molecular weight excluding hydrogens is 583 g/mol. The van der Waals surface area contributed by atoms with E-state index in [1.807, 2.05) is 21.1 Å². The Morgan fingerprint density at radius 2 is 0.978 bits per heavy atom. The Hall–Kier alpha value is -0.0100. The molecule has 0 bridgehead atoms. The van der Waals surface area contributed by atoms with E-state index < -0.39 is 13.9 Å². The number of aliphatic hydroxyl groups excluding tert-OH is 1. The number of rotatable bonds is 36. The Morgan fingerprint density at radius 3 is 1.38 bits per heavy atom. The summed E-state index contributed by atoms with van der Waals surface area (Å²) >= 11 is 0. The monoisotopic (exact) mass is 664 g/mol. The van der Waals surface area contributed by atoms with Crippen molar-refractivity contribution in [3.63, 3.8) is 0 Å². The normalized spacial score (nSPS) is 14.9. The molecule has 0 amide bonds. The minimum atomic E-state index is -4.17. The average Bonchev–Trinajstić information content (AvgIpc) is 2.98. The van der Waals surface area contributed by atoms with E-state index in [1.54, 1.807) is 0 Å². The van der Waals surface area contributed by atoms with Gasteiger partial charge in [-0.05, 0) is 19.4 Å². The van der Waals surface area contributed by atoms with Crippen molar-refractivity contribution in [1.29, 1.82) is 0 Å². The molecule has 0 saturated carbocycles. The summed E-state index contributed by atoms with van der Waals surface area (Å²) in [6.45, 7) is 6.04. The van der Waals surface area contributed by atoms with Gasteiger partial charge in [0.2, 0.25) is 0 Å². The van der Waals surface area contributed by atoms with Crippen LogP contribution in [0.3, 0.4) is 0 Å². The molecule has 0 heterocycles. The smallest absolute Gasteiger partial charge is 0.391 e. The van der Waals surface area contributed by atoms with Crippen molar-refractivity contribution < 1.29 is 28.1 Å². The van der Waals surface area contributed by atoms with Crippen molar-refractivity contribution in [3.8, 4) is 0 Å². The van der Waals surface area contributed by atoms with Gasteiger partial charge in [-0.25, -0.2) is 4.57 Å². The lowest BCUT2D eigenvalue weighted by molar-refractivity contribution is -0.870. The summed E-state index contributed by atoms with van der Waals surface area (Å²) in [6, 6.07) is -0.377. The molecule has 0 saturated heterocycles. The second-order valence-corrected chi connectivity index (χ2v) is 16.1. The molecule has 3 atom stereocenters. The fourth-order valence-corrected chi connectivity index (χ4v) is 6.51. The van der Waals surface area contributed by atoms with Gasteiger partial charge in [-0.3, -0.25) is 9.05 Å². The molecule has 0 radical (unpaired) electrons. The molecule has 0 aromatic rings. The zero-order valence-electron chi connectivity index (χ0n) is 30.9. The Balaban J connectivity index is 4.29. The SMILES string of the molecule is CCCCCCCCCCCCCCC[C@H](O)[C@@H](COP(=O)(O)OCC[N+](C)(C)C)NCCCCCCCCCCCCCC. The molecule has 7 nitrogen and oxygen atoms in total. The zero-order chi connectivity index (χ0) is 33.5. The molecule has 8 heteroatoms. The Labute approximate surface area is 281 Å². The number of phosphoric ester groups is 1. The second kappa shape index (κ2) is 31.3. The fraction of sp³-hybridized carbons (Fsp3) is 1.00. The molecule has 0 aliphatic rings. The van der Waals surface area contributed by atoms with E-state index in [0.717, 1.165) is 25.8 Å². The third-order valence-electron chi connectivity index (χ3n) is 8.94. The number of nitrogens with zero attached hydrogens (tertiary/aromatic N) is 1. The molecule has 1 unspecified atom stereocenters. The van der Waals surface area contributed by atoms with Crippen LogP contribution in [-0.4, -0.2) is 74.1 Å². The number of unbranched alkanes of at least 4 members (excludes halogenated alkanes) is 23. The maximum absolute atomic E-state index is 12.5. The van der Waals surface area contributed by atoms with Crippen LogP contribution in [0.4, 0.5) is 0 Å². The fourth-order valence-electron chi connectivity index (χ4n) is 5.77. The molecule has 0 aromatic heterocycles. The quantitative estimate of drug-likeness (QED) is 0.0351. The van der Waals surface area contributed by atoms with Crippen LogP contribution >= 0.6 is 7.82 Å². The molecular formula is C37H80N2O5P+. The summed E-state index contributed by atoms with van der Waals surface area (Å²) < 4.78 is 23.7. The molecule has 0 aliphatic heterocycles. The first-order valence-electron chi connectivity index (χ1n) is 19.4. The van der Waals surface area contributed by atoms with Gasteiger partial charge in [-0.2, -0.15) is 0 Å². The molecule has 45 heavy (non-hydrogen) atoms. The van der Waals surface area contributed by atoms with Crippen molar-refractivity contribution >= 4 is 7.82 Å². The topological polar surface area (TPSA) is 88.0 Å². The lowest BCUT2D eigenvalue weighted by Crippen LogP contribution is -2.43. The van der Waals surface area contributed by atoms with Gasteiger partial charge in [0.1, 0.15) is 13.2 Å². The van der Waals surface area contributed by atoms with Crippen LogP contribution in [-0.2, 0) is 13.6 Å². The molecule has 0 aromatic carbocycles. The first-order valence-corrected chi connectivity index (χ1v) is 20.9.